The van der Waals surface area contributed by atoms with E-state index in [2.05, 4.69) is 10.2 Å². The van der Waals surface area contributed by atoms with Crippen molar-refractivity contribution in [2.24, 2.45) is 0 Å². The van der Waals surface area contributed by atoms with Crippen LogP contribution in [0.3, 0.4) is 0 Å². The molecule has 0 fully saturated rings. The number of carbonyl (C=O) groups is 1. The van der Waals surface area contributed by atoms with Gasteiger partial charge in [0.15, 0.2) is 0 Å². The Hall–Kier alpha value is -1.91. The van der Waals surface area contributed by atoms with Crippen LogP contribution in [0, 0.1) is 5.82 Å². The smallest absolute Gasteiger partial charge is 0.253 e. The molecule has 0 bridgehead atoms. The average Bonchev–Trinajstić information content (AvgIpc) is 2.45. The Morgan fingerprint density at radius 2 is 1.77 bits per heavy atom. The van der Waals surface area contributed by atoms with Gasteiger partial charge in [-0.3, -0.25) is 4.79 Å². The van der Waals surface area contributed by atoms with Gasteiger partial charge in [0.05, 0.1) is 10.6 Å². The van der Waals surface area contributed by atoms with Gasteiger partial charge in [0.1, 0.15) is 5.82 Å². The molecule has 0 saturated carbocycles. The van der Waals surface area contributed by atoms with Crippen LogP contribution in [0.1, 0.15) is 21.5 Å². The number of hydrogen-bond acceptors (Lipinski definition) is 2. The summed E-state index contributed by atoms with van der Waals surface area (Å²) in [5.74, 6) is -0.777. The van der Waals surface area contributed by atoms with Crippen molar-refractivity contribution in [2.75, 3.05) is 14.1 Å². The molecule has 0 radical (unpaired) electrons. The minimum Gasteiger partial charge on any atom is -0.348 e. The maximum Gasteiger partial charge on any atom is 0.253 e. The monoisotopic (exact) mass is 320 g/mol. The second-order valence-corrected chi connectivity index (χ2v) is 5.77. The molecule has 2 aromatic rings. The van der Waals surface area contributed by atoms with Gasteiger partial charge in [-0.1, -0.05) is 35.9 Å². The highest BCUT2D eigenvalue weighted by atomic mass is 35.5. The lowest BCUT2D eigenvalue weighted by molar-refractivity contribution is 0.0951. The first-order valence-electron chi connectivity index (χ1n) is 6.91. The Balaban J connectivity index is 1.96. The van der Waals surface area contributed by atoms with E-state index in [-0.39, 0.29) is 16.5 Å². The fraction of sp³-hybridized carbons (Fsp3) is 0.235. The molecule has 0 aliphatic heterocycles. The third kappa shape index (κ3) is 4.55. The Morgan fingerprint density at radius 3 is 2.36 bits per heavy atom. The van der Waals surface area contributed by atoms with Crippen LogP contribution in [-0.4, -0.2) is 24.9 Å². The quantitative estimate of drug-likeness (QED) is 0.915. The molecule has 0 heterocycles. The minimum atomic E-state index is -0.460. The maximum atomic E-state index is 13.0. The molecule has 0 aromatic heterocycles. The molecule has 22 heavy (non-hydrogen) atoms. The molecular weight excluding hydrogens is 303 g/mol. The van der Waals surface area contributed by atoms with Gasteiger partial charge in [-0.15, -0.1) is 0 Å². The van der Waals surface area contributed by atoms with E-state index < -0.39 is 5.82 Å². The van der Waals surface area contributed by atoms with E-state index >= 15 is 0 Å². The van der Waals surface area contributed by atoms with Gasteiger partial charge in [0.25, 0.3) is 5.91 Å². The number of carbonyl (C=O) groups excluding carboxylic acids is 1. The lowest BCUT2D eigenvalue weighted by Crippen LogP contribution is -2.23. The van der Waals surface area contributed by atoms with Crippen molar-refractivity contribution in [1.29, 1.82) is 0 Å². The number of amides is 1. The molecule has 2 aromatic carbocycles. The minimum absolute atomic E-state index is 0.110. The third-order valence-electron chi connectivity index (χ3n) is 3.15. The fourth-order valence-corrected chi connectivity index (χ4v) is 2.33. The predicted octanol–water partition coefficient (Wildman–Crippen LogP) is 3.47. The number of rotatable bonds is 5. The Bertz CT molecular complexity index is 656. The van der Waals surface area contributed by atoms with E-state index in [1.807, 2.05) is 38.4 Å². The van der Waals surface area contributed by atoms with Crippen LogP contribution < -0.4 is 5.32 Å². The topological polar surface area (TPSA) is 32.3 Å². The van der Waals surface area contributed by atoms with Crippen molar-refractivity contribution in [3.8, 4) is 0 Å². The third-order valence-corrected chi connectivity index (χ3v) is 3.46. The first-order valence-corrected chi connectivity index (χ1v) is 7.29. The zero-order valence-electron chi connectivity index (χ0n) is 12.6. The largest absolute Gasteiger partial charge is 0.348 e. The van der Waals surface area contributed by atoms with Crippen molar-refractivity contribution in [3.05, 3.63) is 70.0 Å². The highest BCUT2D eigenvalue weighted by Crippen LogP contribution is 2.17. The molecule has 0 spiro atoms. The molecule has 0 atom stereocenters. The molecule has 0 aliphatic rings. The van der Waals surface area contributed by atoms with Gasteiger partial charge >= 0.3 is 0 Å². The van der Waals surface area contributed by atoms with Crippen LogP contribution in [0.2, 0.25) is 5.02 Å². The molecule has 1 N–H and O–H groups in total. The summed E-state index contributed by atoms with van der Waals surface area (Å²) >= 11 is 5.87. The van der Waals surface area contributed by atoms with E-state index in [9.17, 15) is 9.18 Å². The molecule has 0 unspecified atom stereocenters. The molecule has 2 rings (SSSR count). The van der Waals surface area contributed by atoms with Crippen LogP contribution in [0.15, 0.2) is 42.5 Å². The van der Waals surface area contributed by atoms with Crippen molar-refractivity contribution in [2.45, 2.75) is 13.1 Å². The number of nitrogens with zero attached hydrogens (tertiary/aromatic N) is 1. The summed E-state index contributed by atoms with van der Waals surface area (Å²) in [6.45, 7) is 1.27. The van der Waals surface area contributed by atoms with Gasteiger partial charge < -0.3 is 10.2 Å². The average molecular weight is 321 g/mol. The zero-order valence-corrected chi connectivity index (χ0v) is 13.3. The first-order chi connectivity index (χ1) is 10.5. The molecule has 0 saturated heterocycles. The number of halogens is 2. The Morgan fingerprint density at radius 1 is 1.14 bits per heavy atom. The van der Waals surface area contributed by atoms with Gasteiger partial charge in [-0.2, -0.15) is 0 Å². The first kappa shape index (κ1) is 16.5. The molecule has 1 amide bonds. The zero-order chi connectivity index (χ0) is 16.1. The molecule has 5 heteroatoms. The summed E-state index contributed by atoms with van der Waals surface area (Å²) < 4.78 is 13.0. The van der Waals surface area contributed by atoms with E-state index in [1.54, 1.807) is 0 Å². The molecule has 3 nitrogen and oxygen atoms in total. The lowest BCUT2D eigenvalue weighted by Gasteiger charge is -2.11. The van der Waals surface area contributed by atoms with E-state index in [0.29, 0.717) is 6.54 Å². The second-order valence-electron chi connectivity index (χ2n) is 5.36. The summed E-state index contributed by atoms with van der Waals surface area (Å²) in [7, 11) is 4.03. The second kappa shape index (κ2) is 7.38. The number of benzene rings is 2. The van der Waals surface area contributed by atoms with Gasteiger partial charge in [0.2, 0.25) is 0 Å². The van der Waals surface area contributed by atoms with Gasteiger partial charge in [-0.25, -0.2) is 4.39 Å². The van der Waals surface area contributed by atoms with Crippen molar-refractivity contribution in [3.63, 3.8) is 0 Å². The van der Waals surface area contributed by atoms with Crippen LogP contribution in [0.5, 0.6) is 0 Å². The summed E-state index contributed by atoms with van der Waals surface area (Å²) in [6.07, 6.45) is 0. The molecule has 116 valence electrons. The van der Waals surface area contributed by atoms with Gasteiger partial charge in [0, 0.05) is 13.1 Å². The number of nitrogens with one attached hydrogen (secondary N) is 1. The van der Waals surface area contributed by atoms with Crippen LogP contribution in [0.25, 0.3) is 0 Å². The van der Waals surface area contributed by atoms with Crippen LogP contribution in [0.4, 0.5) is 4.39 Å². The van der Waals surface area contributed by atoms with E-state index in [4.69, 9.17) is 11.6 Å². The summed E-state index contributed by atoms with van der Waals surface area (Å²) in [5, 5.41) is 2.89. The fourth-order valence-electron chi connectivity index (χ4n) is 2.08. The van der Waals surface area contributed by atoms with Crippen molar-refractivity contribution in [1.82, 2.24) is 10.2 Å². The summed E-state index contributed by atoms with van der Waals surface area (Å²) in [5.41, 5.74) is 2.48. The highest BCUT2D eigenvalue weighted by Gasteiger charge is 2.10. The maximum absolute atomic E-state index is 13.0. The SMILES string of the molecule is CN(C)Cc1ccc(CNC(=O)c2ccc(F)cc2Cl)cc1. The van der Waals surface area contributed by atoms with Crippen LogP contribution in [-0.2, 0) is 13.1 Å². The summed E-state index contributed by atoms with van der Waals surface area (Å²) in [4.78, 5) is 14.1. The summed E-state index contributed by atoms with van der Waals surface area (Å²) in [6, 6.07) is 11.8. The van der Waals surface area contributed by atoms with E-state index in [1.165, 1.54) is 17.7 Å². The van der Waals surface area contributed by atoms with Crippen molar-refractivity contribution >= 4 is 17.5 Å². The Labute approximate surface area is 134 Å². The molecule has 0 aliphatic carbocycles. The normalized spacial score (nSPS) is 10.8. The lowest BCUT2D eigenvalue weighted by atomic mass is 10.1. The Kier molecular flexibility index (Phi) is 5.52. The van der Waals surface area contributed by atoms with E-state index in [0.717, 1.165) is 18.2 Å². The van der Waals surface area contributed by atoms with Crippen LogP contribution >= 0.6 is 11.6 Å². The highest BCUT2D eigenvalue weighted by molar-refractivity contribution is 6.33. The van der Waals surface area contributed by atoms with Gasteiger partial charge in [-0.05, 0) is 43.4 Å². The number of hydrogen-bond donors (Lipinski definition) is 1. The standard InChI is InChI=1S/C17H18ClFN2O/c1-21(2)11-13-5-3-12(4-6-13)10-20-17(22)15-8-7-14(19)9-16(15)18/h3-9H,10-11H2,1-2H3,(H,20,22). The molecular formula is C17H18ClFN2O. The predicted molar refractivity (Wildman–Crippen MR) is 86.4 cm³/mol. The van der Waals surface area contributed by atoms with Crippen molar-refractivity contribution < 1.29 is 9.18 Å².